The second-order valence-electron chi connectivity index (χ2n) is 8.08. The first-order valence-electron chi connectivity index (χ1n) is 11.2. The van der Waals surface area contributed by atoms with Crippen LogP contribution in [0.1, 0.15) is 25.3 Å². The van der Waals surface area contributed by atoms with Gasteiger partial charge in [0.15, 0.2) is 11.5 Å². The molecule has 34 heavy (non-hydrogen) atoms. The fraction of sp³-hybridized carbons (Fsp3) is 0.222. The van der Waals surface area contributed by atoms with Crippen molar-refractivity contribution in [2.24, 2.45) is 11.0 Å². The Morgan fingerprint density at radius 3 is 2.26 bits per heavy atom. The number of para-hydroxylation sites is 2. The molecule has 7 nitrogen and oxygen atoms in total. The molecular formula is C27H27N3O4. The summed E-state index contributed by atoms with van der Waals surface area (Å²) in [5, 5.41) is 4.07. The molecule has 1 heterocycles. The largest absolute Gasteiger partial charge is 0.454 e. The van der Waals surface area contributed by atoms with Crippen LogP contribution in [0.5, 0.6) is 11.5 Å². The van der Waals surface area contributed by atoms with E-state index in [9.17, 15) is 9.59 Å². The van der Waals surface area contributed by atoms with Crippen molar-refractivity contribution < 1.29 is 19.1 Å². The van der Waals surface area contributed by atoms with E-state index in [2.05, 4.69) is 10.5 Å². The van der Waals surface area contributed by atoms with Gasteiger partial charge in [-0.2, -0.15) is 5.10 Å². The highest BCUT2D eigenvalue weighted by molar-refractivity contribution is 6.01. The van der Waals surface area contributed by atoms with Crippen LogP contribution in [0.3, 0.4) is 0 Å². The first kappa shape index (κ1) is 23.0. The fourth-order valence-electron chi connectivity index (χ4n) is 3.71. The van der Waals surface area contributed by atoms with E-state index >= 15 is 0 Å². The lowest BCUT2D eigenvalue weighted by Crippen LogP contribution is -2.28. The van der Waals surface area contributed by atoms with E-state index in [0.29, 0.717) is 0 Å². The van der Waals surface area contributed by atoms with Crippen molar-refractivity contribution in [3.05, 3.63) is 84.4 Å². The Balaban J connectivity index is 1.28. The van der Waals surface area contributed by atoms with Gasteiger partial charge in [0.25, 0.3) is 0 Å². The average molecular weight is 458 g/mol. The highest BCUT2D eigenvalue weighted by Gasteiger charge is 2.19. The van der Waals surface area contributed by atoms with Crippen LogP contribution in [-0.2, 0) is 16.0 Å². The second kappa shape index (κ2) is 11.1. The van der Waals surface area contributed by atoms with Crippen LogP contribution in [-0.4, -0.2) is 24.8 Å². The van der Waals surface area contributed by atoms with Crippen LogP contribution < -0.4 is 19.8 Å². The van der Waals surface area contributed by atoms with Gasteiger partial charge in [-0.3, -0.25) is 14.5 Å². The molecule has 0 aliphatic carbocycles. The average Bonchev–Trinajstić information content (AvgIpc) is 3.32. The molecule has 4 rings (SSSR count). The maximum absolute atomic E-state index is 13.0. The zero-order chi connectivity index (χ0) is 23.8. The molecule has 0 spiro atoms. The lowest BCUT2D eigenvalue weighted by molar-refractivity contribution is -0.124. The van der Waals surface area contributed by atoms with Crippen molar-refractivity contribution in [1.82, 2.24) is 5.43 Å². The lowest BCUT2D eigenvalue weighted by atomic mass is 10.0. The summed E-state index contributed by atoms with van der Waals surface area (Å²) in [6, 6.07) is 24.7. The van der Waals surface area contributed by atoms with E-state index in [1.807, 2.05) is 85.8 Å². The minimum atomic E-state index is -0.305. The Labute approximate surface area is 199 Å². The third kappa shape index (κ3) is 6.01. The molecule has 1 unspecified atom stereocenters. The molecule has 1 aliphatic heterocycles. The summed E-state index contributed by atoms with van der Waals surface area (Å²) < 4.78 is 10.7. The number of carbonyl (C=O) groups is 2. The van der Waals surface area contributed by atoms with Crippen molar-refractivity contribution in [3.63, 3.8) is 0 Å². The molecule has 174 valence electrons. The zero-order valence-corrected chi connectivity index (χ0v) is 19.0. The van der Waals surface area contributed by atoms with Crippen LogP contribution >= 0.6 is 0 Å². The van der Waals surface area contributed by atoms with Crippen molar-refractivity contribution in [3.8, 4) is 11.5 Å². The van der Waals surface area contributed by atoms with E-state index in [-0.39, 0.29) is 37.4 Å². The lowest BCUT2D eigenvalue weighted by Gasteiger charge is -2.23. The molecule has 3 aromatic rings. The van der Waals surface area contributed by atoms with Crippen molar-refractivity contribution >= 4 is 29.4 Å². The summed E-state index contributed by atoms with van der Waals surface area (Å²) in [7, 11) is 0. The first-order valence-corrected chi connectivity index (χ1v) is 11.2. The quantitative estimate of drug-likeness (QED) is 0.368. The third-order valence-corrected chi connectivity index (χ3v) is 5.36. The predicted molar refractivity (Wildman–Crippen MR) is 131 cm³/mol. The molecule has 0 radical (unpaired) electrons. The van der Waals surface area contributed by atoms with E-state index in [1.54, 1.807) is 11.1 Å². The predicted octanol–water partition coefficient (Wildman–Crippen LogP) is 4.84. The van der Waals surface area contributed by atoms with Crippen LogP contribution in [0.25, 0.3) is 0 Å². The molecule has 7 heteroatoms. The molecule has 3 aromatic carbocycles. The number of hydrogen-bond acceptors (Lipinski definition) is 5. The smallest absolute Gasteiger partial charge is 0.240 e. The Morgan fingerprint density at radius 2 is 1.59 bits per heavy atom. The molecule has 0 saturated heterocycles. The zero-order valence-electron chi connectivity index (χ0n) is 19.0. The van der Waals surface area contributed by atoms with Gasteiger partial charge in [-0.1, -0.05) is 49.4 Å². The minimum absolute atomic E-state index is 0.0445. The number of fused-ring (bicyclic) bond motifs is 1. The summed E-state index contributed by atoms with van der Waals surface area (Å²) in [6.07, 6.45) is 2.56. The summed E-state index contributed by atoms with van der Waals surface area (Å²) >= 11 is 0. The SMILES string of the molecule is CC(/C=N/NC(=O)CCC(=O)N(c1ccccc1)c1ccccc1)Cc1ccc2c(c1)OCO2. The highest BCUT2D eigenvalue weighted by atomic mass is 16.7. The highest BCUT2D eigenvalue weighted by Crippen LogP contribution is 2.33. The minimum Gasteiger partial charge on any atom is -0.454 e. The Bertz CT molecular complexity index is 1110. The van der Waals surface area contributed by atoms with E-state index in [1.165, 1.54) is 0 Å². The summed E-state index contributed by atoms with van der Waals surface area (Å²) in [4.78, 5) is 26.9. The van der Waals surface area contributed by atoms with Gasteiger partial charge in [-0.05, 0) is 54.3 Å². The number of rotatable bonds is 9. The topological polar surface area (TPSA) is 80.2 Å². The molecular weight excluding hydrogens is 430 g/mol. The van der Waals surface area contributed by atoms with Crippen LogP contribution in [0.2, 0.25) is 0 Å². The van der Waals surface area contributed by atoms with Crippen LogP contribution in [0, 0.1) is 5.92 Å². The number of nitrogens with one attached hydrogen (secondary N) is 1. The van der Waals surface area contributed by atoms with Gasteiger partial charge in [0.1, 0.15) is 0 Å². The van der Waals surface area contributed by atoms with Crippen molar-refractivity contribution in [2.45, 2.75) is 26.2 Å². The molecule has 0 aromatic heterocycles. The number of ether oxygens (including phenoxy) is 2. The van der Waals surface area contributed by atoms with Crippen molar-refractivity contribution in [1.29, 1.82) is 0 Å². The van der Waals surface area contributed by atoms with Gasteiger partial charge in [0, 0.05) is 30.4 Å². The molecule has 1 N–H and O–H groups in total. The molecule has 0 bridgehead atoms. The maximum Gasteiger partial charge on any atom is 0.240 e. The molecule has 0 saturated carbocycles. The molecule has 0 fully saturated rings. The summed E-state index contributed by atoms with van der Waals surface area (Å²) in [5.41, 5.74) is 5.15. The van der Waals surface area contributed by atoms with Gasteiger partial charge in [0.2, 0.25) is 18.6 Å². The third-order valence-electron chi connectivity index (χ3n) is 5.36. The van der Waals surface area contributed by atoms with E-state index in [4.69, 9.17) is 9.47 Å². The van der Waals surface area contributed by atoms with Gasteiger partial charge in [0.05, 0.1) is 0 Å². The number of benzene rings is 3. The van der Waals surface area contributed by atoms with E-state index < -0.39 is 0 Å². The van der Waals surface area contributed by atoms with Gasteiger partial charge >= 0.3 is 0 Å². The molecule has 2 amide bonds. The van der Waals surface area contributed by atoms with Gasteiger partial charge in [-0.25, -0.2) is 5.43 Å². The second-order valence-corrected chi connectivity index (χ2v) is 8.08. The standard InChI is InChI=1S/C27H27N3O4/c1-20(16-21-12-13-24-25(17-21)34-19-33-24)18-28-29-26(31)14-15-27(32)30(22-8-4-2-5-9-22)23-10-6-3-7-11-23/h2-13,17-18,20H,14-16,19H2,1H3,(H,29,31)/b28-18+. The Hall–Kier alpha value is -4.13. The fourth-order valence-corrected chi connectivity index (χ4v) is 3.71. The Kier molecular flexibility index (Phi) is 7.55. The number of carbonyl (C=O) groups excluding carboxylic acids is 2. The molecule has 1 atom stereocenters. The normalized spacial score (nSPS) is 13.0. The van der Waals surface area contributed by atoms with Gasteiger partial charge in [-0.15, -0.1) is 0 Å². The number of amides is 2. The first-order chi connectivity index (χ1) is 16.6. The molecule has 1 aliphatic rings. The van der Waals surface area contributed by atoms with Crippen LogP contribution in [0.4, 0.5) is 11.4 Å². The summed E-state index contributed by atoms with van der Waals surface area (Å²) in [6.45, 7) is 2.26. The monoisotopic (exact) mass is 457 g/mol. The van der Waals surface area contributed by atoms with Crippen LogP contribution in [0.15, 0.2) is 84.0 Å². The number of anilines is 2. The number of nitrogens with zero attached hydrogens (tertiary/aromatic N) is 2. The van der Waals surface area contributed by atoms with Gasteiger partial charge < -0.3 is 9.47 Å². The number of hydrogen-bond donors (Lipinski definition) is 1. The Morgan fingerprint density at radius 1 is 0.941 bits per heavy atom. The van der Waals surface area contributed by atoms with Crippen molar-refractivity contribution in [2.75, 3.05) is 11.7 Å². The maximum atomic E-state index is 13.0. The van der Waals surface area contributed by atoms with E-state index in [0.717, 1.165) is 34.9 Å². The summed E-state index contributed by atoms with van der Waals surface area (Å²) in [5.74, 6) is 1.15. The number of hydrazone groups is 1.